The molecular formula is C17H13N3O2. The zero-order valence-electron chi connectivity index (χ0n) is 11.9. The minimum Gasteiger partial charge on any atom is -0.356 e. The van der Waals surface area contributed by atoms with Gasteiger partial charge in [0.1, 0.15) is 11.6 Å². The van der Waals surface area contributed by atoms with Gasteiger partial charge in [-0.25, -0.2) is 0 Å². The molecule has 5 nitrogen and oxygen atoms in total. The predicted octanol–water partition coefficient (Wildman–Crippen LogP) is 3.96. The number of nitroso groups, excluding NO2 is 1. The minimum atomic E-state index is -0.532. The van der Waals surface area contributed by atoms with Gasteiger partial charge in [-0.05, 0) is 29.8 Å². The Morgan fingerprint density at radius 3 is 2.77 bits per heavy atom. The highest BCUT2D eigenvalue weighted by molar-refractivity contribution is 6.07. The highest BCUT2D eigenvalue weighted by Crippen LogP contribution is 2.43. The van der Waals surface area contributed by atoms with E-state index in [0.717, 1.165) is 27.7 Å². The Morgan fingerprint density at radius 1 is 1.14 bits per heavy atom. The van der Waals surface area contributed by atoms with Crippen LogP contribution in [0.3, 0.4) is 0 Å². The van der Waals surface area contributed by atoms with Crippen LogP contribution in [0.2, 0.25) is 0 Å². The van der Waals surface area contributed by atoms with Crippen molar-refractivity contribution in [3.63, 3.8) is 0 Å². The van der Waals surface area contributed by atoms with Crippen LogP contribution in [-0.2, 0) is 4.79 Å². The Bertz CT molecular complexity index is 927. The molecule has 0 bridgehead atoms. The van der Waals surface area contributed by atoms with E-state index < -0.39 is 5.92 Å². The molecule has 1 atom stereocenters. The fraction of sp³-hybridized carbons (Fsp3) is 0.118. The Morgan fingerprint density at radius 2 is 1.95 bits per heavy atom. The quantitative estimate of drug-likeness (QED) is 0.701. The van der Waals surface area contributed by atoms with Crippen LogP contribution in [0.5, 0.6) is 0 Å². The average molecular weight is 291 g/mol. The van der Waals surface area contributed by atoms with E-state index in [4.69, 9.17) is 0 Å². The van der Waals surface area contributed by atoms with Crippen molar-refractivity contribution < 1.29 is 4.79 Å². The molecule has 0 aliphatic carbocycles. The molecule has 5 heteroatoms. The maximum atomic E-state index is 12.4. The second kappa shape index (κ2) is 4.53. The van der Waals surface area contributed by atoms with Crippen molar-refractivity contribution in [3.05, 3.63) is 64.2 Å². The second-order valence-corrected chi connectivity index (χ2v) is 5.54. The van der Waals surface area contributed by atoms with Gasteiger partial charge in [0.05, 0.1) is 5.69 Å². The van der Waals surface area contributed by atoms with E-state index in [1.165, 1.54) is 0 Å². The molecule has 2 aromatic carbocycles. The number of aromatic amines is 1. The number of fused-ring (bicyclic) bond motifs is 2. The highest BCUT2D eigenvalue weighted by Gasteiger charge is 2.35. The first-order valence-corrected chi connectivity index (χ1v) is 7.04. The third kappa shape index (κ3) is 1.69. The van der Waals surface area contributed by atoms with Crippen LogP contribution < -0.4 is 5.32 Å². The summed E-state index contributed by atoms with van der Waals surface area (Å²) in [5.74, 6) is -0.674. The van der Waals surface area contributed by atoms with Crippen LogP contribution >= 0.6 is 0 Å². The Labute approximate surface area is 126 Å². The number of benzene rings is 2. The van der Waals surface area contributed by atoms with E-state index in [1.54, 1.807) is 0 Å². The number of nitrogens with one attached hydrogen (secondary N) is 2. The lowest BCUT2D eigenvalue weighted by atomic mass is 9.95. The molecule has 4 rings (SSSR count). The summed E-state index contributed by atoms with van der Waals surface area (Å²) in [6.07, 6.45) is 0. The molecule has 1 aromatic heterocycles. The number of aromatic nitrogens is 1. The Hall–Kier alpha value is -2.95. The van der Waals surface area contributed by atoms with Crippen LogP contribution in [0.25, 0.3) is 10.9 Å². The highest BCUT2D eigenvalue weighted by atomic mass is 16.3. The molecule has 0 saturated carbocycles. The molecule has 1 amide bonds. The molecule has 1 aliphatic rings. The number of H-pyrrole nitrogens is 1. The number of aryl methyl sites for hydroxylation is 1. The van der Waals surface area contributed by atoms with E-state index in [0.29, 0.717) is 11.4 Å². The van der Waals surface area contributed by atoms with Gasteiger partial charge in [-0.1, -0.05) is 35.9 Å². The summed E-state index contributed by atoms with van der Waals surface area (Å²) in [5, 5.41) is 6.78. The van der Waals surface area contributed by atoms with Crippen molar-refractivity contribution in [2.75, 3.05) is 5.32 Å². The molecule has 0 spiro atoms. The van der Waals surface area contributed by atoms with Gasteiger partial charge in [-0.2, -0.15) is 0 Å². The number of rotatable bonds is 2. The number of carbonyl (C=O) groups is 1. The van der Waals surface area contributed by atoms with Crippen molar-refractivity contribution in [3.8, 4) is 0 Å². The summed E-state index contributed by atoms with van der Waals surface area (Å²) < 4.78 is 0. The summed E-state index contributed by atoms with van der Waals surface area (Å²) >= 11 is 0. The van der Waals surface area contributed by atoms with Crippen LogP contribution in [0, 0.1) is 11.8 Å². The van der Waals surface area contributed by atoms with Gasteiger partial charge in [-0.3, -0.25) is 4.79 Å². The Kier molecular flexibility index (Phi) is 2.63. The number of hydrogen-bond acceptors (Lipinski definition) is 3. The van der Waals surface area contributed by atoms with E-state index in [9.17, 15) is 9.70 Å². The summed E-state index contributed by atoms with van der Waals surface area (Å²) in [6.45, 7) is 1.98. The molecule has 2 N–H and O–H groups in total. The molecule has 0 saturated heterocycles. The molecule has 1 aliphatic heterocycles. The molecule has 108 valence electrons. The summed E-state index contributed by atoms with van der Waals surface area (Å²) in [7, 11) is 0. The number of anilines is 1. The van der Waals surface area contributed by atoms with Crippen molar-refractivity contribution in [1.29, 1.82) is 0 Å². The molecular weight excluding hydrogens is 278 g/mol. The van der Waals surface area contributed by atoms with Crippen LogP contribution in [0.4, 0.5) is 11.4 Å². The third-order valence-electron chi connectivity index (χ3n) is 4.12. The van der Waals surface area contributed by atoms with Gasteiger partial charge in [-0.15, -0.1) is 4.91 Å². The van der Waals surface area contributed by atoms with E-state index in [1.807, 2.05) is 49.4 Å². The summed E-state index contributed by atoms with van der Waals surface area (Å²) in [5.41, 5.74) is 4.40. The first-order valence-electron chi connectivity index (χ1n) is 7.04. The lowest BCUT2D eigenvalue weighted by Crippen LogP contribution is -2.13. The molecule has 0 radical (unpaired) electrons. The smallest absolute Gasteiger partial charge is 0.238 e. The fourth-order valence-corrected chi connectivity index (χ4v) is 3.12. The molecule has 1 unspecified atom stereocenters. The zero-order chi connectivity index (χ0) is 15.3. The third-order valence-corrected chi connectivity index (χ3v) is 4.12. The SMILES string of the molecule is Cc1ccc2c(c1)C(c1[nH]c3ccccc3c1N=O)C(=O)N2. The number of hydrogen-bond donors (Lipinski definition) is 2. The summed E-state index contributed by atoms with van der Waals surface area (Å²) in [6, 6.07) is 13.2. The van der Waals surface area contributed by atoms with E-state index in [-0.39, 0.29) is 5.91 Å². The predicted molar refractivity (Wildman–Crippen MR) is 85.4 cm³/mol. The maximum absolute atomic E-state index is 12.4. The number of carbonyl (C=O) groups excluding carboxylic acids is 1. The van der Waals surface area contributed by atoms with Gasteiger partial charge in [0, 0.05) is 16.6 Å². The standard InChI is InChI=1S/C17H13N3O2/c1-9-6-7-13-11(8-9)14(17(21)19-13)16-15(20-22)10-4-2-3-5-12(10)18-16/h2-8,14,18H,1H3,(H,19,21). The normalized spacial score (nSPS) is 16.6. The average Bonchev–Trinajstić information content (AvgIpc) is 3.03. The molecule has 3 aromatic rings. The lowest BCUT2D eigenvalue weighted by molar-refractivity contribution is -0.116. The largest absolute Gasteiger partial charge is 0.356 e. The van der Waals surface area contributed by atoms with Gasteiger partial charge >= 0.3 is 0 Å². The first-order chi connectivity index (χ1) is 10.7. The minimum absolute atomic E-state index is 0.142. The fourth-order valence-electron chi connectivity index (χ4n) is 3.12. The molecule has 22 heavy (non-hydrogen) atoms. The molecule has 0 fully saturated rings. The lowest BCUT2D eigenvalue weighted by Gasteiger charge is -2.08. The monoisotopic (exact) mass is 291 g/mol. The van der Waals surface area contributed by atoms with Gasteiger partial charge in [0.2, 0.25) is 5.91 Å². The van der Waals surface area contributed by atoms with E-state index in [2.05, 4.69) is 15.5 Å². The van der Waals surface area contributed by atoms with Crippen molar-refractivity contribution in [2.45, 2.75) is 12.8 Å². The van der Waals surface area contributed by atoms with Crippen molar-refractivity contribution >= 4 is 28.2 Å². The number of nitrogens with zero attached hydrogens (tertiary/aromatic N) is 1. The van der Waals surface area contributed by atoms with E-state index >= 15 is 0 Å². The topological polar surface area (TPSA) is 74.3 Å². The van der Waals surface area contributed by atoms with Gasteiger partial charge < -0.3 is 10.3 Å². The van der Waals surface area contributed by atoms with Crippen LogP contribution in [0.1, 0.15) is 22.7 Å². The van der Waals surface area contributed by atoms with Gasteiger partial charge in [0.25, 0.3) is 0 Å². The number of para-hydroxylation sites is 1. The Balaban J connectivity index is 1.98. The van der Waals surface area contributed by atoms with Gasteiger partial charge in [0.15, 0.2) is 0 Å². The van der Waals surface area contributed by atoms with Crippen LogP contribution in [0.15, 0.2) is 47.6 Å². The van der Waals surface area contributed by atoms with Crippen molar-refractivity contribution in [1.82, 2.24) is 4.98 Å². The maximum Gasteiger partial charge on any atom is 0.238 e. The zero-order valence-corrected chi connectivity index (χ0v) is 11.9. The van der Waals surface area contributed by atoms with Crippen LogP contribution in [-0.4, -0.2) is 10.9 Å². The second-order valence-electron chi connectivity index (χ2n) is 5.54. The summed E-state index contributed by atoms with van der Waals surface area (Å²) in [4.78, 5) is 26.9. The number of amides is 1. The first kappa shape index (κ1) is 12.8. The van der Waals surface area contributed by atoms with Crippen molar-refractivity contribution in [2.24, 2.45) is 5.18 Å². The molecule has 2 heterocycles.